The molecule has 0 aliphatic carbocycles. The van der Waals surface area contributed by atoms with Crippen molar-refractivity contribution in [1.82, 2.24) is 19.5 Å². The van der Waals surface area contributed by atoms with Crippen LogP contribution in [0.3, 0.4) is 0 Å². The lowest BCUT2D eigenvalue weighted by molar-refractivity contribution is -0.0411. The first-order valence-electron chi connectivity index (χ1n) is 12.8. The monoisotopic (exact) mass is 506 g/mol. The number of fused-ring (bicyclic) bond motifs is 2. The van der Waals surface area contributed by atoms with Crippen molar-refractivity contribution in [1.29, 1.82) is 0 Å². The van der Waals surface area contributed by atoms with Gasteiger partial charge in [-0.15, -0.1) is 0 Å². The summed E-state index contributed by atoms with van der Waals surface area (Å²) in [6.07, 6.45) is 1.93. The Morgan fingerprint density at radius 1 is 1.00 bits per heavy atom. The molecule has 0 amide bonds. The van der Waals surface area contributed by atoms with Crippen LogP contribution in [-0.2, 0) is 13.6 Å². The van der Waals surface area contributed by atoms with Gasteiger partial charge in [-0.05, 0) is 34.8 Å². The summed E-state index contributed by atoms with van der Waals surface area (Å²) in [5.74, 6) is 0.568. The maximum Gasteiger partial charge on any atom is 0.279 e. The molecule has 2 aromatic heterocycles. The van der Waals surface area contributed by atoms with E-state index in [2.05, 4.69) is 70.3 Å². The third kappa shape index (κ3) is 4.15. The van der Waals surface area contributed by atoms with Gasteiger partial charge in [0, 0.05) is 6.42 Å². The molecular formula is C24H42N4O4Si2. The molecule has 0 saturated carbocycles. The largest absolute Gasteiger partial charge is 0.414 e. The molecule has 1 N–H and O–H groups in total. The third-order valence-corrected chi connectivity index (χ3v) is 22.1. The second kappa shape index (κ2) is 9.27. The summed E-state index contributed by atoms with van der Waals surface area (Å²) in [7, 11) is -4.30. The zero-order chi connectivity index (χ0) is 25.0. The summed E-state index contributed by atoms with van der Waals surface area (Å²) in [5, 5.41) is 0. The zero-order valence-corrected chi connectivity index (χ0v) is 24.2. The molecule has 34 heavy (non-hydrogen) atoms. The molecule has 8 nitrogen and oxygen atoms in total. The van der Waals surface area contributed by atoms with Gasteiger partial charge < -0.3 is 18.6 Å². The molecule has 4 heterocycles. The molecule has 190 valence electrons. The van der Waals surface area contributed by atoms with Gasteiger partial charge >= 0.3 is 0 Å². The van der Waals surface area contributed by atoms with Gasteiger partial charge in [-0.3, -0.25) is 9.36 Å². The lowest BCUT2D eigenvalue weighted by Gasteiger charge is -2.51. The number of nitrogens with zero attached hydrogens (tertiary/aromatic N) is 3. The fraction of sp³-hybridized carbons (Fsp3) is 0.792. The highest BCUT2D eigenvalue weighted by atomic mass is 28.4. The number of hydrogen-bond acceptors (Lipinski definition) is 6. The molecule has 2 aliphatic heterocycles. The van der Waals surface area contributed by atoms with Gasteiger partial charge in [0.15, 0.2) is 27.8 Å². The van der Waals surface area contributed by atoms with Crippen LogP contribution in [0.5, 0.6) is 0 Å². The normalized spacial score (nSPS) is 27.0. The Bertz CT molecular complexity index is 1060. The van der Waals surface area contributed by atoms with Gasteiger partial charge in [0.1, 0.15) is 18.2 Å². The predicted octanol–water partition coefficient (Wildman–Crippen LogP) is 5.20. The molecule has 0 aromatic carbocycles. The summed E-state index contributed by atoms with van der Waals surface area (Å²) in [6, 6.07) is 0. The summed E-state index contributed by atoms with van der Waals surface area (Å²) < 4.78 is 22.8. The van der Waals surface area contributed by atoms with Gasteiger partial charge in [-0.25, -0.2) is 9.97 Å². The lowest BCUT2D eigenvalue weighted by Crippen LogP contribution is -2.61. The van der Waals surface area contributed by atoms with Crippen molar-refractivity contribution >= 4 is 27.8 Å². The van der Waals surface area contributed by atoms with Crippen LogP contribution in [0.25, 0.3) is 11.2 Å². The molecule has 3 atom stereocenters. The minimum atomic E-state index is -2.19. The lowest BCUT2D eigenvalue weighted by atomic mass is 10.2. The number of ether oxygens (including phenoxy) is 1. The highest BCUT2D eigenvalue weighted by Gasteiger charge is 2.58. The van der Waals surface area contributed by atoms with Crippen LogP contribution in [-0.4, -0.2) is 55.0 Å². The highest BCUT2D eigenvalue weighted by molar-refractivity contribution is 6.94. The average molecular weight is 507 g/mol. The third-order valence-electron chi connectivity index (χ3n) is 8.39. The molecule has 2 aliphatic rings. The first kappa shape index (κ1) is 25.7. The molecule has 1 unspecified atom stereocenters. The number of rotatable bonds is 5. The van der Waals surface area contributed by atoms with Gasteiger partial charge in [0.2, 0.25) is 0 Å². The van der Waals surface area contributed by atoms with Crippen molar-refractivity contribution in [2.45, 2.75) is 115 Å². The molecule has 2 fully saturated rings. The van der Waals surface area contributed by atoms with Crippen molar-refractivity contribution in [3.8, 4) is 0 Å². The number of H-pyrrole nitrogens is 1. The fourth-order valence-corrected chi connectivity index (χ4v) is 22.1. The van der Waals surface area contributed by atoms with Gasteiger partial charge in [0.25, 0.3) is 5.56 Å². The zero-order valence-electron chi connectivity index (χ0n) is 22.2. The molecule has 0 spiro atoms. The Balaban J connectivity index is 1.74. The molecule has 0 bridgehead atoms. The minimum absolute atomic E-state index is 0.0339. The van der Waals surface area contributed by atoms with Crippen molar-refractivity contribution in [2.75, 3.05) is 6.61 Å². The van der Waals surface area contributed by atoms with E-state index in [1.165, 1.54) is 0 Å². The van der Waals surface area contributed by atoms with E-state index in [1.54, 1.807) is 13.3 Å². The van der Waals surface area contributed by atoms with E-state index in [-0.39, 0.29) is 24.0 Å². The van der Waals surface area contributed by atoms with Crippen molar-refractivity contribution < 1.29 is 13.6 Å². The van der Waals surface area contributed by atoms with Crippen LogP contribution in [0.1, 0.15) is 73.9 Å². The van der Waals surface area contributed by atoms with Gasteiger partial charge in [0.05, 0.1) is 19.0 Å². The number of aryl methyl sites for hydroxylation is 1. The molecule has 2 saturated heterocycles. The van der Waals surface area contributed by atoms with E-state index in [9.17, 15) is 4.79 Å². The average Bonchev–Trinajstić information content (AvgIpc) is 3.31. The Hall–Kier alpha value is -1.34. The van der Waals surface area contributed by atoms with E-state index in [1.807, 2.05) is 4.57 Å². The molecule has 2 aromatic rings. The van der Waals surface area contributed by atoms with Crippen LogP contribution in [0.4, 0.5) is 0 Å². The van der Waals surface area contributed by atoms with E-state index < -0.39 is 16.6 Å². The van der Waals surface area contributed by atoms with Gasteiger partial charge in [-0.1, -0.05) is 55.4 Å². The van der Waals surface area contributed by atoms with Crippen LogP contribution >= 0.6 is 0 Å². The Morgan fingerprint density at radius 3 is 2.21 bits per heavy atom. The summed E-state index contributed by atoms with van der Waals surface area (Å²) in [5.41, 5.74) is 3.78. The summed E-state index contributed by atoms with van der Waals surface area (Å²) in [4.78, 5) is 24.0. The van der Waals surface area contributed by atoms with Gasteiger partial charge in [-0.2, -0.15) is 0 Å². The van der Waals surface area contributed by atoms with Crippen molar-refractivity contribution in [2.24, 2.45) is 0 Å². The second-order valence-electron chi connectivity index (χ2n) is 11.5. The predicted molar refractivity (Wildman–Crippen MR) is 139 cm³/mol. The summed E-state index contributed by atoms with van der Waals surface area (Å²) >= 11 is 0. The maximum absolute atomic E-state index is 12.4. The maximum atomic E-state index is 12.4. The minimum Gasteiger partial charge on any atom is -0.414 e. The van der Waals surface area contributed by atoms with Crippen molar-refractivity contribution in [3.05, 3.63) is 22.5 Å². The fourth-order valence-electron chi connectivity index (χ4n) is 6.19. The second-order valence-corrected chi connectivity index (χ2v) is 21.9. The first-order chi connectivity index (χ1) is 15.9. The Morgan fingerprint density at radius 2 is 1.62 bits per heavy atom. The van der Waals surface area contributed by atoms with E-state index >= 15 is 0 Å². The standard InChI is InChI=1S/C24H42N4O4Si2/c1-14(2)33(15(3)4)13-34(16(5)6,17(7)8)32-19-10-21(31-20(19)11-30-33)28-12-25-22-23(28)26-18(9)27-24(22)29/h12,14-17,19-21H,10-11,13H2,1-9H3,(H,26,27,29)/t19?,20-,21-/m1/s1. The number of nitrogens with one attached hydrogen (secondary N) is 1. The van der Waals surface area contributed by atoms with E-state index in [4.69, 9.17) is 13.6 Å². The number of aromatic nitrogens is 4. The van der Waals surface area contributed by atoms with E-state index in [0.717, 1.165) is 5.67 Å². The van der Waals surface area contributed by atoms with Crippen LogP contribution in [0.15, 0.2) is 11.1 Å². The number of hydrogen-bond donors (Lipinski definition) is 1. The Labute approximate surface area is 205 Å². The van der Waals surface area contributed by atoms with E-state index in [0.29, 0.717) is 52.2 Å². The topological polar surface area (TPSA) is 91.3 Å². The molecule has 0 radical (unpaired) electrons. The summed E-state index contributed by atoms with van der Waals surface area (Å²) in [6.45, 7) is 21.1. The van der Waals surface area contributed by atoms with Crippen LogP contribution < -0.4 is 5.56 Å². The molecule has 10 heteroatoms. The molecule has 4 rings (SSSR count). The first-order valence-corrected chi connectivity index (χ1v) is 17.4. The van der Waals surface area contributed by atoms with Crippen LogP contribution in [0.2, 0.25) is 27.8 Å². The quantitative estimate of drug-likeness (QED) is 0.560. The Kier molecular flexibility index (Phi) is 7.02. The van der Waals surface area contributed by atoms with Crippen LogP contribution in [0, 0.1) is 6.92 Å². The number of aromatic amines is 1. The SMILES string of the molecule is Cc1nc2c(ncn2[C@H]2CC3O[Si](C(C)C)(C(C)C)C[Si](C(C)C)(C(C)C)OC[C@H]3O2)c(=O)[nH]1. The smallest absolute Gasteiger partial charge is 0.279 e. The highest BCUT2D eigenvalue weighted by Crippen LogP contribution is 2.50. The number of imidazole rings is 1. The van der Waals surface area contributed by atoms with Crippen molar-refractivity contribution in [3.63, 3.8) is 0 Å². The molecular weight excluding hydrogens is 464 g/mol.